The van der Waals surface area contributed by atoms with Crippen LogP contribution in [0.15, 0.2) is 72.8 Å². The molecule has 0 heterocycles. The summed E-state index contributed by atoms with van der Waals surface area (Å²) in [5, 5.41) is 10.4. The molecule has 0 fully saturated rings. The van der Waals surface area contributed by atoms with E-state index in [0.717, 1.165) is 24.6 Å². The third kappa shape index (κ3) is 8.86. The zero-order valence-electron chi connectivity index (χ0n) is 19.1. The first kappa shape index (κ1) is 27.4. The van der Waals surface area contributed by atoms with Crippen LogP contribution < -0.4 is 4.74 Å². The summed E-state index contributed by atoms with van der Waals surface area (Å²) < 4.78 is 32.5. The molecule has 0 aliphatic heterocycles. The minimum absolute atomic E-state index is 0. The minimum atomic E-state index is -0.766. The molecule has 1 unspecified atom stereocenters. The van der Waals surface area contributed by atoms with Crippen molar-refractivity contribution >= 4 is 18.2 Å². The molecule has 7 heteroatoms. The van der Waals surface area contributed by atoms with Crippen LogP contribution in [0.4, 0.5) is 8.78 Å². The molecule has 0 aliphatic carbocycles. The molecule has 182 valence electrons. The quantitative estimate of drug-likeness (QED) is 0.359. The number of aliphatic hydroxyl groups excluding tert-OH is 1. The van der Waals surface area contributed by atoms with Crippen molar-refractivity contribution in [1.82, 2.24) is 4.90 Å². The molecule has 1 atom stereocenters. The molecule has 3 aromatic carbocycles. The van der Waals surface area contributed by atoms with E-state index in [4.69, 9.17) is 4.74 Å². The SMILES string of the molecule is CN(CCc1ccccc1)CC(O)COc1ccc(F)cc1C(=O)CCc1ccc(F)cc1.Cl. The number of aliphatic hydroxyl groups is 1. The highest BCUT2D eigenvalue weighted by molar-refractivity contribution is 5.98. The van der Waals surface area contributed by atoms with E-state index in [9.17, 15) is 18.7 Å². The lowest BCUT2D eigenvalue weighted by Crippen LogP contribution is -2.34. The molecular weight excluding hydrogens is 460 g/mol. The number of Topliss-reactive ketones (excluding diaryl/α,β-unsaturated/α-hetero) is 1. The van der Waals surface area contributed by atoms with Gasteiger partial charge in [0.1, 0.15) is 30.1 Å². The Bertz CT molecular complexity index is 1030. The molecule has 0 amide bonds. The average molecular weight is 490 g/mol. The van der Waals surface area contributed by atoms with Crippen LogP contribution >= 0.6 is 12.4 Å². The lowest BCUT2D eigenvalue weighted by Gasteiger charge is -2.21. The maximum atomic E-state index is 13.8. The summed E-state index contributed by atoms with van der Waals surface area (Å²) in [5.74, 6) is -0.904. The molecule has 0 saturated carbocycles. The number of aryl methyl sites for hydroxylation is 1. The Labute approximate surface area is 205 Å². The van der Waals surface area contributed by atoms with E-state index < -0.39 is 11.9 Å². The standard InChI is InChI=1S/C27H29F2NO3.ClH/c1-30(16-15-20-5-3-2-4-6-20)18-24(31)19-33-27-14-12-23(29)17-25(27)26(32)13-9-21-7-10-22(28)11-8-21;/h2-8,10-12,14,17,24,31H,9,13,15-16,18-19H2,1H3;1H. The van der Waals surface area contributed by atoms with E-state index in [2.05, 4.69) is 12.1 Å². The minimum Gasteiger partial charge on any atom is -0.490 e. The first-order chi connectivity index (χ1) is 15.9. The summed E-state index contributed by atoms with van der Waals surface area (Å²) in [6.45, 7) is 1.17. The van der Waals surface area contributed by atoms with E-state index >= 15 is 0 Å². The van der Waals surface area contributed by atoms with Crippen molar-refractivity contribution in [1.29, 1.82) is 0 Å². The van der Waals surface area contributed by atoms with Crippen LogP contribution in [0.3, 0.4) is 0 Å². The third-order valence-corrected chi connectivity index (χ3v) is 5.37. The number of likely N-dealkylation sites (N-methyl/N-ethyl adjacent to an activating group) is 1. The zero-order valence-corrected chi connectivity index (χ0v) is 19.9. The number of hydrogen-bond donors (Lipinski definition) is 1. The van der Waals surface area contributed by atoms with E-state index in [0.29, 0.717) is 13.0 Å². The van der Waals surface area contributed by atoms with Gasteiger partial charge in [0.2, 0.25) is 0 Å². The largest absolute Gasteiger partial charge is 0.490 e. The second-order valence-corrected chi connectivity index (χ2v) is 8.15. The molecule has 3 aromatic rings. The number of ether oxygens (including phenoxy) is 1. The molecule has 0 spiro atoms. The molecule has 34 heavy (non-hydrogen) atoms. The Morgan fingerprint density at radius 2 is 1.59 bits per heavy atom. The van der Waals surface area contributed by atoms with Crippen molar-refractivity contribution in [3.8, 4) is 5.75 Å². The molecular formula is C27H30ClF2NO3. The monoisotopic (exact) mass is 489 g/mol. The summed E-state index contributed by atoms with van der Waals surface area (Å²) in [7, 11) is 1.93. The molecule has 4 nitrogen and oxygen atoms in total. The zero-order chi connectivity index (χ0) is 23.6. The van der Waals surface area contributed by atoms with Crippen LogP contribution in [0.2, 0.25) is 0 Å². The van der Waals surface area contributed by atoms with Gasteiger partial charge in [-0.05, 0) is 61.3 Å². The summed E-state index contributed by atoms with van der Waals surface area (Å²) in [4.78, 5) is 14.7. The molecule has 0 saturated heterocycles. The molecule has 0 aromatic heterocycles. The number of halogens is 3. The van der Waals surface area contributed by atoms with E-state index in [1.54, 1.807) is 12.1 Å². The topological polar surface area (TPSA) is 49.8 Å². The fraction of sp³-hybridized carbons (Fsp3) is 0.296. The number of rotatable bonds is 12. The highest BCUT2D eigenvalue weighted by atomic mass is 35.5. The predicted molar refractivity (Wildman–Crippen MR) is 132 cm³/mol. The van der Waals surface area contributed by atoms with Crippen molar-refractivity contribution in [2.75, 3.05) is 26.7 Å². The smallest absolute Gasteiger partial charge is 0.167 e. The van der Waals surface area contributed by atoms with Crippen molar-refractivity contribution < 1.29 is 23.4 Å². The predicted octanol–water partition coefficient (Wildman–Crippen LogP) is 5.12. The van der Waals surface area contributed by atoms with Crippen LogP contribution in [-0.2, 0) is 12.8 Å². The maximum Gasteiger partial charge on any atom is 0.167 e. The van der Waals surface area contributed by atoms with Crippen molar-refractivity contribution in [3.05, 3.63) is 101 Å². The van der Waals surface area contributed by atoms with Crippen LogP contribution in [0.25, 0.3) is 0 Å². The van der Waals surface area contributed by atoms with Gasteiger partial charge in [-0.3, -0.25) is 4.79 Å². The summed E-state index contributed by atoms with van der Waals surface area (Å²) >= 11 is 0. The number of carbonyl (C=O) groups excluding carboxylic acids is 1. The van der Waals surface area contributed by atoms with Gasteiger partial charge in [-0.1, -0.05) is 42.5 Å². The van der Waals surface area contributed by atoms with E-state index in [1.807, 2.05) is 30.1 Å². The molecule has 0 aliphatic rings. The molecule has 3 rings (SSSR count). The summed E-state index contributed by atoms with van der Waals surface area (Å²) in [6.07, 6.45) is 0.647. The Kier molecular flexibility index (Phi) is 11.1. The highest BCUT2D eigenvalue weighted by Crippen LogP contribution is 2.22. The van der Waals surface area contributed by atoms with E-state index in [1.165, 1.54) is 29.8 Å². The first-order valence-corrected chi connectivity index (χ1v) is 11.0. The summed E-state index contributed by atoms with van der Waals surface area (Å²) in [5.41, 5.74) is 2.18. The van der Waals surface area contributed by atoms with Gasteiger partial charge < -0.3 is 14.7 Å². The van der Waals surface area contributed by atoms with E-state index in [-0.39, 0.29) is 48.3 Å². The normalized spacial score (nSPS) is 11.7. The Balaban J connectivity index is 0.00000408. The van der Waals surface area contributed by atoms with Crippen LogP contribution in [0.1, 0.15) is 27.9 Å². The number of ketones is 1. The van der Waals surface area contributed by atoms with Gasteiger partial charge in [0.25, 0.3) is 0 Å². The van der Waals surface area contributed by atoms with Crippen LogP contribution in [-0.4, -0.2) is 48.6 Å². The van der Waals surface area contributed by atoms with Crippen LogP contribution in [0.5, 0.6) is 5.75 Å². The Hall–Kier alpha value is -2.80. The average Bonchev–Trinajstić information content (AvgIpc) is 2.82. The highest BCUT2D eigenvalue weighted by Gasteiger charge is 2.16. The number of benzene rings is 3. The lowest BCUT2D eigenvalue weighted by molar-refractivity contribution is 0.0754. The van der Waals surface area contributed by atoms with Gasteiger partial charge in [0.15, 0.2) is 5.78 Å². The van der Waals surface area contributed by atoms with Crippen molar-refractivity contribution in [2.24, 2.45) is 0 Å². The number of hydrogen-bond acceptors (Lipinski definition) is 4. The third-order valence-electron chi connectivity index (χ3n) is 5.37. The second-order valence-electron chi connectivity index (χ2n) is 8.15. The Morgan fingerprint density at radius 1 is 0.941 bits per heavy atom. The van der Waals surface area contributed by atoms with Crippen molar-refractivity contribution in [3.63, 3.8) is 0 Å². The lowest BCUT2D eigenvalue weighted by atomic mass is 10.0. The fourth-order valence-electron chi connectivity index (χ4n) is 3.54. The number of nitrogens with zero attached hydrogens (tertiary/aromatic N) is 1. The molecule has 0 bridgehead atoms. The Morgan fingerprint density at radius 3 is 2.29 bits per heavy atom. The maximum absolute atomic E-state index is 13.8. The first-order valence-electron chi connectivity index (χ1n) is 11.0. The van der Waals surface area contributed by atoms with Gasteiger partial charge in [-0.25, -0.2) is 8.78 Å². The van der Waals surface area contributed by atoms with Gasteiger partial charge in [-0.15, -0.1) is 12.4 Å². The fourth-order valence-corrected chi connectivity index (χ4v) is 3.54. The molecule has 0 radical (unpaired) electrons. The van der Waals surface area contributed by atoms with Crippen LogP contribution in [0, 0.1) is 11.6 Å². The second kappa shape index (κ2) is 13.8. The van der Waals surface area contributed by atoms with Gasteiger partial charge in [0, 0.05) is 19.5 Å². The summed E-state index contributed by atoms with van der Waals surface area (Å²) in [6, 6.07) is 19.8. The molecule has 1 N–H and O–H groups in total. The number of carbonyl (C=O) groups is 1. The van der Waals surface area contributed by atoms with Gasteiger partial charge in [-0.2, -0.15) is 0 Å². The van der Waals surface area contributed by atoms with Gasteiger partial charge in [0.05, 0.1) is 5.56 Å². The van der Waals surface area contributed by atoms with Gasteiger partial charge >= 0.3 is 0 Å². The van der Waals surface area contributed by atoms with Crippen molar-refractivity contribution in [2.45, 2.75) is 25.4 Å².